The topological polar surface area (TPSA) is 14.8 Å². The van der Waals surface area contributed by atoms with Crippen LogP contribution in [0.5, 0.6) is 0 Å². The molecule has 3 nitrogen and oxygen atoms in total. The van der Waals surface area contributed by atoms with Crippen molar-refractivity contribution >= 4 is 77.6 Å². The molecule has 0 saturated heterocycles. The van der Waals surface area contributed by atoms with Gasteiger partial charge in [-0.1, -0.05) is 263 Å². The van der Waals surface area contributed by atoms with Crippen LogP contribution in [0.25, 0.3) is 139 Å². The molecule has 3 aromatic heterocycles. The minimum Gasteiger partial charge on any atom is -0.309 e. The van der Waals surface area contributed by atoms with Crippen LogP contribution < -0.4 is 0 Å². The second-order valence-electron chi connectivity index (χ2n) is 29.1. The van der Waals surface area contributed by atoms with Crippen LogP contribution in [0.3, 0.4) is 0 Å². The molecule has 3 heteroatoms. The van der Waals surface area contributed by atoms with Gasteiger partial charge in [0.25, 0.3) is 0 Å². The molecule has 13 aromatic carbocycles. The lowest BCUT2D eigenvalue weighted by Gasteiger charge is -2.36. The lowest BCUT2D eigenvalue weighted by atomic mass is 9.66. The van der Waals surface area contributed by atoms with Crippen LogP contribution in [0.4, 0.5) is 0 Å². The Bertz CT molecular complexity index is 5610. The molecule has 0 unspecified atom stereocenters. The van der Waals surface area contributed by atoms with Crippen LogP contribution >= 0.6 is 0 Å². The molecular formula is C95H79N3. The van der Waals surface area contributed by atoms with Gasteiger partial charge < -0.3 is 13.7 Å². The highest BCUT2D eigenvalue weighted by Gasteiger charge is 2.47. The zero-order valence-corrected chi connectivity index (χ0v) is 57.2. The number of nitrogens with zero attached hydrogens (tertiary/aromatic N) is 3. The summed E-state index contributed by atoms with van der Waals surface area (Å²) in [6.45, 7) is 27.5. The molecular weight excluding hydrogens is 1180 g/mol. The highest BCUT2D eigenvalue weighted by Crippen LogP contribution is 2.58. The highest BCUT2D eigenvalue weighted by molar-refractivity contribution is 6.15. The van der Waals surface area contributed by atoms with Crippen molar-refractivity contribution in [2.24, 2.45) is 11.8 Å². The lowest BCUT2D eigenvalue weighted by Crippen LogP contribution is -2.30. The lowest BCUT2D eigenvalue weighted by molar-refractivity contribution is 0.372. The molecule has 17 rings (SSSR count). The first-order valence-electron chi connectivity index (χ1n) is 34.8. The molecule has 16 aromatic rings. The molecule has 0 N–H and O–H groups in total. The molecule has 3 heterocycles. The van der Waals surface area contributed by atoms with Crippen molar-refractivity contribution in [3.8, 4) is 61.6 Å². The van der Waals surface area contributed by atoms with Crippen LogP contribution in [0.1, 0.15) is 99.9 Å². The molecule has 0 saturated carbocycles. The minimum atomic E-state index is -0.657. The zero-order valence-electron chi connectivity index (χ0n) is 57.2. The second kappa shape index (κ2) is 23.0. The van der Waals surface area contributed by atoms with Gasteiger partial charge in [0.05, 0.1) is 38.5 Å². The van der Waals surface area contributed by atoms with Crippen LogP contribution in [0, 0.1) is 11.8 Å². The third-order valence-electron chi connectivity index (χ3n) is 23.0. The van der Waals surface area contributed by atoms with Gasteiger partial charge in [0.1, 0.15) is 0 Å². The number of hydrogen-bond donors (Lipinski definition) is 0. The fraction of sp³-hybridized carbons (Fsp3) is 0.137. The fourth-order valence-electron chi connectivity index (χ4n) is 16.1. The van der Waals surface area contributed by atoms with Crippen LogP contribution in [-0.4, -0.2) is 13.7 Å². The number of aromatic nitrogens is 3. The van der Waals surface area contributed by atoms with Crippen molar-refractivity contribution in [1.82, 2.24) is 13.7 Å². The van der Waals surface area contributed by atoms with Crippen molar-refractivity contribution < 1.29 is 0 Å². The van der Waals surface area contributed by atoms with E-state index in [0.717, 1.165) is 39.2 Å². The van der Waals surface area contributed by atoms with Gasteiger partial charge >= 0.3 is 0 Å². The van der Waals surface area contributed by atoms with E-state index in [1.807, 2.05) is 12.2 Å². The molecule has 0 radical (unpaired) electrons. The average Bonchev–Trinajstić information content (AvgIpc) is 1.47. The van der Waals surface area contributed by atoms with E-state index in [0.29, 0.717) is 11.8 Å². The van der Waals surface area contributed by atoms with Crippen LogP contribution in [-0.2, 0) is 16.2 Å². The quantitative estimate of drug-likeness (QED) is 0.103. The Labute approximate surface area is 575 Å². The van der Waals surface area contributed by atoms with Crippen molar-refractivity contribution in [3.63, 3.8) is 0 Å². The smallest absolute Gasteiger partial charge is 0.0713 e. The summed E-state index contributed by atoms with van der Waals surface area (Å²) in [5, 5.41) is 7.35. The first-order valence-corrected chi connectivity index (χ1v) is 34.8. The molecule has 1 aliphatic rings. The zero-order chi connectivity index (χ0) is 66.9. The van der Waals surface area contributed by atoms with E-state index < -0.39 is 5.41 Å². The summed E-state index contributed by atoms with van der Waals surface area (Å²) < 4.78 is 7.36. The summed E-state index contributed by atoms with van der Waals surface area (Å²) in [4.78, 5) is 0. The van der Waals surface area contributed by atoms with E-state index in [4.69, 9.17) is 0 Å². The molecule has 0 fully saturated rings. The van der Waals surface area contributed by atoms with Crippen molar-refractivity contribution in [3.05, 3.63) is 343 Å². The summed E-state index contributed by atoms with van der Waals surface area (Å²) in [6, 6.07) is 108. The Morgan fingerprint density at radius 2 is 0.653 bits per heavy atom. The van der Waals surface area contributed by atoms with E-state index in [9.17, 15) is 0 Å². The number of rotatable bonds is 14. The second-order valence-corrected chi connectivity index (χ2v) is 29.1. The minimum absolute atomic E-state index is 0.0738. The van der Waals surface area contributed by atoms with Gasteiger partial charge in [-0.2, -0.15) is 0 Å². The molecule has 0 atom stereocenters. The first kappa shape index (κ1) is 60.4. The van der Waals surface area contributed by atoms with E-state index in [-0.39, 0.29) is 10.8 Å². The number of hydrogen-bond acceptors (Lipinski definition) is 0. The summed E-state index contributed by atoms with van der Waals surface area (Å²) in [5.41, 5.74) is 29.1. The molecule has 474 valence electrons. The number of para-hydroxylation sites is 4. The van der Waals surface area contributed by atoms with E-state index in [1.165, 1.54) is 132 Å². The monoisotopic (exact) mass is 1260 g/mol. The standard InChI is InChI=1S/C95H79N3/c1-11-62-31-40-70(41-32-62)95(71-42-33-63(12-2)34-43-71)85-57-68(35-45-77(85)78-46-44-72(59-86(78)95)93(7,8)60(3)4)69-51-73(94(9,10)61(5)6)58-76(52-69)98-91-49-38-66(64-36-47-89-81(53-64)79-27-19-21-29-87(79)96(89)74-23-15-13-16-24-74)55-83(91)84-56-67(39-50-92(84)98)65-37-48-90-82(54-65)80-28-20-22-30-88(80)97(90)75-25-17-14-18-26-75/h11-61H,1-2H2,3-10H3. The molecule has 98 heavy (non-hydrogen) atoms. The van der Waals surface area contributed by atoms with Crippen molar-refractivity contribution in [2.75, 3.05) is 0 Å². The molecule has 0 aliphatic heterocycles. The number of benzene rings is 13. The third kappa shape index (κ3) is 9.30. The fourth-order valence-corrected chi connectivity index (χ4v) is 16.1. The molecule has 0 amide bonds. The molecule has 0 bridgehead atoms. The van der Waals surface area contributed by atoms with Gasteiger partial charge in [-0.05, 0) is 215 Å². The van der Waals surface area contributed by atoms with Crippen molar-refractivity contribution in [1.29, 1.82) is 0 Å². The van der Waals surface area contributed by atoms with E-state index >= 15 is 0 Å². The predicted molar refractivity (Wildman–Crippen MR) is 419 cm³/mol. The summed E-state index contributed by atoms with van der Waals surface area (Å²) in [7, 11) is 0. The Hall–Kier alpha value is -11.3. The summed E-state index contributed by atoms with van der Waals surface area (Å²) >= 11 is 0. The first-order chi connectivity index (χ1) is 47.6. The summed E-state index contributed by atoms with van der Waals surface area (Å²) in [5.74, 6) is 0.765. The van der Waals surface area contributed by atoms with Gasteiger partial charge in [0, 0.05) is 49.4 Å². The third-order valence-corrected chi connectivity index (χ3v) is 23.0. The Balaban J connectivity index is 0.895. The number of fused-ring (bicyclic) bond motifs is 12. The van der Waals surface area contributed by atoms with Gasteiger partial charge in [-0.3, -0.25) is 0 Å². The van der Waals surface area contributed by atoms with Gasteiger partial charge in [0.2, 0.25) is 0 Å². The van der Waals surface area contributed by atoms with Gasteiger partial charge in [-0.15, -0.1) is 0 Å². The average molecular weight is 1260 g/mol. The van der Waals surface area contributed by atoms with Gasteiger partial charge in [0.15, 0.2) is 0 Å². The summed E-state index contributed by atoms with van der Waals surface area (Å²) in [6.07, 6.45) is 3.90. The predicted octanol–water partition coefficient (Wildman–Crippen LogP) is 25.5. The van der Waals surface area contributed by atoms with Crippen molar-refractivity contribution in [2.45, 2.75) is 71.6 Å². The highest BCUT2D eigenvalue weighted by atomic mass is 15.0. The van der Waals surface area contributed by atoms with Gasteiger partial charge in [-0.25, -0.2) is 0 Å². The van der Waals surface area contributed by atoms with E-state index in [2.05, 4.69) is 367 Å². The SMILES string of the molecule is C=Cc1ccc(C2(c3ccc(C=C)cc3)c3cc(-c4cc(-n5c6ccc(-c7ccc8c(c7)c7ccccc7n8-c7ccccc7)cc6c6cc(-c7ccc8c(c7)c7ccccc7n8-c7ccccc7)ccc65)cc(C(C)(C)C(C)C)c4)ccc3-c3ccc(C(C)(C)C(C)C)cc32)cc1. The largest absolute Gasteiger partial charge is 0.309 e. The van der Waals surface area contributed by atoms with Crippen LogP contribution in [0.2, 0.25) is 0 Å². The van der Waals surface area contributed by atoms with Crippen LogP contribution in [0.15, 0.2) is 298 Å². The maximum atomic E-state index is 4.19. The maximum Gasteiger partial charge on any atom is 0.0713 e. The molecule has 1 aliphatic carbocycles. The Kier molecular flexibility index (Phi) is 14.2. The Morgan fingerprint density at radius 3 is 1.09 bits per heavy atom. The normalized spacial score (nSPS) is 13.0. The maximum absolute atomic E-state index is 4.19. The Morgan fingerprint density at radius 1 is 0.296 bits per heavy atom. The molecule has 0 spiro atoms. The van der Waals surface area contributed by atoms with E-state index in [1.54, 1.807) is 0 Å².